The summed E-state index contributed by atoms with van der Waals surface area (Å²) in [6.07, 6.45) is 3.45. The van der Waals surface area contributed by atoms with E-state index in [9.17, 15) is 24.3 Å². The minimum Gasteiger partial charge on any atom is -0.480 e. The minimum absolute atomic E-state index is 0.252. The van der Waals surface area contributed by atoms with Crippen molar-refractivity contribution in [3.63, 3.8) is 0 Å². The lowest BCUT2D eigenvalue weighted by Crippen LogP contribution is -2.51. The highest BCUT2D eigenvalue weighted by Crippen LogP contribution is 2.32. The fourth-order valence-electron chi connectivity index (χ4n) is 3.05. The van der Waals surface area contributed by atoms with Crippen molar-refractivity contribution < 1.29 is 24.3 Å². The predicted octanol–water partition coefficient (Wildman–Crippen LogP) is 2.19. The lowest BCUT2D eigenvalue weighted by atomic mass is 10.0. The van der Waals surface area contributed by atoms with Crippen molar-refractivity contribution in [2.45, 2.75) is 25.3 Å². The summed E-state index contributed by atoms with van der Waals surface area (Å²) in [7, 11) is 0. The van der Waals surface area contributed by atoms with Gasteiger partial charge in [-0.25, -0.2) is 4.79 Å². The predicted molar refractivity (Wildman–Crippen MR) is 96.1 cm³/mol. The van der Waals surface area contributed by atoms with Gasteiger partial charge in [0.15, 0.2) is 0 Å². The highest BCUT2D eigenvalue weighted by molar-refractivity contribution is 8.18. The van der Waals surface area contributed by atoms with E-state index in [1.807, 2.05) is 30.3 Å². The van der Waals surface area contributed by atoms with Gasteiger partial charge in [-0.1, -0.05) is 30.3 Å². The van der Waals surface area contributed by atoms with Crippen molar-refractivity contribution in [1.82, 2.24) is 9.80 Å². The summed E-state index contributed by atoms with van der Waals surface area (Å²) in [4.78, 5) is 50.9. The van der Waals surface area contributed by atoms with E-state index in [0.29, 0.717) is 19.4 Å². The standard InChI is InChI=1S/C18H18N2O5S/c21-15(19-9-5-4-8-13(19)17(23)24)11-20-16(22)14(26-18(20)25)10-12-6-2-1-3-7-12/h1-3,6-7,10,13H,4-5,8-9,11H2,(H,23,24)/b14-10-. The Kier molecular flexibility index (Phi) is 5.41. The molecule has 0 aromatic heterocycles. The number of rotatable bonds is 4. The Morgan fingerprint density at radius 2 is 1.92 bits per heavy atom. The maximum Gasteiger partial charge on any atom is 0.326 e. The summed E-state index contributed by atoms with van der Waals surface area (Å²) in [6.45, 7) is -0.105. The van der Waals surface area contributed by atoms with Crippen LogP contribution in [0.15, 0.2) is 35.2 Å². The first-order valence-electron chi connectivity index (χ1n) is 8.30. The number of carbonyl (C=O) groups is 4. The van der Waals surface area contributed by atoms with Crippen LogP contribution in [0.1, 0.15) is 24.8 Å². The summed E-state index contributed by atoms with van der Waals surface area (Å²) >= 11 is 0.784. The van der Waals surface area contributed by atoms with E-state index in [1.165, 1.54) is 4.90 Å². The van der Waals surface area contributed by atoms with Crippen LogP contribution in [-0.4, -0.2) is 57.1 Å². The van der Waals surface area contributed by atoms with E-state index in [-0.39, 0.29) is 4.91 Å². The molecule has 3 amide bonds. The third-order valence-corrected chi connectivity index (χ3v) is 5.28. The van der Waals surface area contributed by atoms with E-state index in [0.717, 1.165) is 28.6 Å². The zero-order valence-corrected chi connectivity index (χ0v) is 14.8. The molecule has 8 heteroatoms. The van der Waals surface area contributed by atoms with E-state index in [1.54, 1.807) is 6.08 Å². The van der Waals surface area contributed by atoms with Gasteiger partial charge >= 0.3 is 5.97 Å². The number of imide groups is 1. The maximum absolute atomic E-state index is 12.5. The zero-order chi connectivity index (χ0) is 18.7. The second-order valence-corrected chi connectivity index (χ2v) is 7.11. The molecule has 3 rings (SSSR count). The van der Waals surface area contributed by atoms with Crippen LogP contribution in [0.25, 0.3) is 6.08 Å². The molecule has 2 heterocycles. The number of benzene rings is 1. The zero-order valence-electron chi connectivity index (χ0n) is 14.0. The molecular weight excluding hydrogens is 356 g/mol. The van der Waals surface area contributed by atoms with Crippen LogP contribution in [0.4, 0.5) is 4.79 Å². The Labute approximate surface area is 154 Å². The third kappa shape index (κ3) is 3.80. The summed E-state index contributed by atoms with van der Waals surface area (Å²) in [5.41, 5.74) is 0.784. The molecule has 1 atom stereocenters. The Balaban J connectivity index is 1.72. The number of piperidine rings is 1. The monoisotopic (exact) mass is 374 g/mol. The molecule has 26 heavy (non-hydrogen) atoms. The Bertz CT molecular complexity index is 777. The van der Waals surface area contributed by atoms with Gasteiger partial charge in [-0.15, -0.1) is 0 Å². The van der Waals surface area contributed by atoms with Crippen molar-refractivity contribution in [1.29, 1.82) is 0 Å². The molecule has 1 aromatic rings. The topological polar surface area (TPSA) is 95.0 Å². The molecular formula is C18H18N2O5S. The Morgan fingerprint density at radius 1 is 1.19 bits per heavy atom. The van der Waals surface area contributed by atoms with Crippen LogP contribution in [0.5, 0.6) is 0 Å². The maximum atomic E-state index is 12.5. The first kappa shape index (κ1) is 18.2. The van der Waals surface area contributed by atoms with Crippen molar-refractivity contribution in [2.24, 2.45) is 0 Å². The quantitative estimate of drug-likeness (QED) is 0.812. The summed E-state index contributed by atoms with van der Waals surface area (Å²) < 4.78 is 0. The molecule has 1 aromatic carbocycles. The van der Waals surface area contributed by atoms with Gasteiger partial charge in [-0.05, 0) is 42.7 Å². The van der Waals surface area contributed by atoms with E-state index in [2.05, 4.69) is 0 Å². The van der Waals surface area contributed by atoms with Gasteiger partial charge < -0.3 is 10.0 Å². The largest absolute Gasteiger partial charge is 0.480 e. The normalized spacial score (nSPS) is 22.2. The van der Waals surface area contributed by atoms with Gasteiger partial charge in [0.2, 0.25) is 5.91 Å². The highest BCUT2D eigenvalue weighted by atomic mass is 32.2. The molecule has 0 radical (unpaired) electrons. The number of carboxylic acids is 1. The number of nitrogens with zero attached hydrogens (tertiary/aromatic N) is 2. The number of hydrogen-bond donors (Lipinski definition) is 1. The fraction of sp³-hybridized carbons (Fsp3) is 0.333. The SMILES string of the molecule is O=C(O)C1CCCCN1C(=O)CN1C(=O)S/C(=C\c2ccccc2)C1=O. The van der Waals surface area contributed by atoms with Crippen LogP contribution >= 0.6 is 11.8 Å². The number of amides is 3. The number of carbonyl (C=O) groups excluding carboxylic acids is 3. The van der Waals surface area contributed by atoms with Crippen LogP contribution in [-0.2, 0) is 14.4 Å². The highest BCUT2D eigenvalue weighted by Gasteiger charge is 2.39. The number of thioether (sulfide) groups is 1. The van der Waals surface area contributed by atoms with Gasteiger partial charge in [0.25, 0.3) is 11.1 Å². The van der Waals surface area contributed by atoms with E-state index >= 15 is 0 Å². The molecule has 7 nitrogen and oxygen atoms in total. The minimum atomic E-state index is -1.06. The number of aliphatic carboxylic acids is 1. The molecule has 2 aliphatic rings. The number of carboxylic acid groups (broad SMARTS) is 1. The Hall–Kier alpha value is -2.61. The van der Waals surface area contributed by atoms with Gasteiger partial charge in [-0.3, -0.25) is 19.3 Å². The Morgan fingerprint density at radius 3 is 2.62 bits per heavy atom. The molecule has 2 aliphatic heterocycles. The molecule has 0 spiro atoms. The molecule has 2 fully saturated rings. The second-order valence-electron chi connectivity index (χ2n) is 6.12. The van der Waals surface area contributed by atoms with E-state index < -0.39 is 35.6 Å². The van der Waals surface area contributed by atoms with Crippen molar-refractivity contribution in [2.75, 3.05) is 13.1 Å². The van der Waals surface area contributed by atoms with Crippen LogP contribution < -0.4 is 0 Å². The summed E-state index contributed by atoms with van der Waals surface area (Å²) in [6, 6.07) is 8.22. The van der Waals surface area contributed by atoms with Crippen molar-refractivity contribution >= 4 is 40.9 Å². The average molecular weight is 374 g/mol. The smallest absolute Gasteiger partial charge is 0.326 e. The second kappa shape index (κ2) is 7.74. The molecule has 0 saturated carbocycles. The van der Waals surface area contributed by atoms with Gasteiger partial charge in [0.05, 0.1) is 4.91 Å². The molecule has 2 saturated heterocycles. The first-order chi connectivity index (χ1) is 12.5. The summed E-state index contributed by atoms with van der Waals surface area (Å²) in [5, 5.41) is 8.75. The van der Waals surface area contributed by atoms with Gasteiger partial charge in [-0.2, -0.15) is 0 Å². The lowest BCUT2D eigenvalue weighted by Gasteiger charge is -2.33. The summed E-state index contributed by atoms with van der Waals surface area (Å²) in [5.74, 6) is -2.10. The molecule has 1 N–H and O–H groups in total. The van der Waals surface area contributed by atoms with Crippen LogP contribution in [0.2, 0.25) is 0 Å². The van der Waals surface area contributed by atoms with Gasteiger partial charge in [0.1, 0.15) is 12.6 Å². The van der Waals surface area contributed by atoms with Crippen molar-refractivity contribution in [3.05, 3.63) is 40.8 Å². The molecule has 1 unspecified atom stereocenters. The van der Waals surface area contributed by atoms with E-state index in [4.69, 9.17) is 0 Å². The average Bonchev–Trinajstić information content (AvgIpc) is 2.90. The third-order valence-electron chi connectivity index (χ3n) is 4.37. The number of hydrogen-bond acceptors (Lipinski definition) is 5. The molecule has 0 bridgehead atoms. The van der Waals surface area contributed by atoms with Crippen LogP contribution in [0, 0.1) is 0 Å². The fourth-order valence-corrected chi connectivity index (χ4v) is 3.89. The van der Waals surface area contributed by atoms with Gasteiger partial charge in [0, 0.05) is 6.54 Å². The number of likely N-dealkylation sites (tertiary alicyclic amines) is 1. The lowest BCUT2D eigenvalue weighted by molar-refractivity contribution is -0.152. The molecule has 0 aliphatic carbocycles. The van der Waals surface area contributed by atoms with Crippen molar-refractivity contribution in [3.8, 4) is 0 Å². The van der Waals surface area contributed by atoms with Crippen LogP contribution in [0.3, 0.4) is 0 Å². The molecule has 136 valence electrons. The first-order valence-corrected chi connectivity index (χ1v) is 9.11.